The zero-order valence-corrected chi connectivity index (χ0v) is 11.2. The van der Waals surface area contributed by atoms with Crippen molar-refractivity contribution in [2.24, 2.45) is 11.8 Å². The summed E-state index contributed by atoms with van der Waals surface area (Å²) in [5, 5.41) is 1.22. The van der Waals surface area contributed by atoms with E-state index in [1.54, 1.807) is 0 Å². The van der Waals surface area contributed by atoms with Gasteiger partial charge in [0, 0.05) is 17.6 Å². The van der Waals surface area contributed by atoms with Gasteiger partial charge in [-0.2, -0.15) is 0 Å². The Balaban J connectivity index is 2.00. The molecule has 1 fully saturated rings. The lowest BCUT2D eigenvalue weighted by Gasteiger charge is -2.30. The van der Waals surface area contributed by atoms with E-state index in [4.69, 9.17) is 5.84 Å². The molecule has 1 heterocycles. The van der Waals surface area contributed by atoms with Crippen molar-refractivity contribution in [1.82, 2.24) is 10.4 Å². The quantitative estimate of drug-likeness (QED) is 0.653. The molecule has 100 valence electrons. The Morgan fingerprint density at radius 3 is 2.74 bits per heavy atom. The smallest absolute Gasteiger partial charge is 0.0705 e. The fourth-order valence-electron chi connectivity index (χ4n) is 3.35. The molecule has 1 saturated carbocycles. The van der Waals surface area contributed by atoms with Gasteiger partial charge in [0.05, 0.1) is 5.52 Å². The zero-order valence-electron chi connectivity index (χ0n) is 11.2. The highest BCUT2D eigenvalue weighted by Gasteiger charge is 2.25. The number of pyridine rings is 1. The molecular formula is C16H21N3. The predicted molar refractivity (Wildman–Crippen MR) is 78.4 cm³/mol. The second-order valence-electron chi connectivity index (χ2n) is 5.46. The highest BCUT2D eigenvalue weighted by Crippen LogP contribution is 2.36. The molecule has 2 aromatic rings. The van der Waals surface area contributed by atoms with E-state index >= 15 is 0 Å². The topological polar surface area (TPSA) is 50.9 Å². The average molecular weight is 255 g/mol. The van der Waals surface area contributed by atoms with E-state index in [-0.39, 0.29) is 6.04 Å². The van der Waals surface area contributed by atoms with E-state index in [2.05, 4.69) is 34.7 Å². The first kappa shape index (κ1) is 12.6. The SMILES string of the molecule is NNC(c1cccc2ncccc12)C1CCCCC1. The van der Waals surface area contributed by atoms with Gasteiger partial charge in [0.2, 0.25) is 0 Å². The van der Waals surface area contributed by atoms with E-state index in [9.17, 15) is 0 Å². The molecule has 1 atom stereocenters. The van der Waals surface area contributed by atoms with Crippen LogP contribution in [0, 0.1) is 5.92 Å². The first-order chi connectivity index (χ1) is 9.40. The molecule has 3 nitrogen and oxygen atoms in total. The summed E-state index contributed by atoms with van der Waals surface area (Å²) >= 11 is 0. The Hall–Kier alpha value is -1.45. The molecule has 0 spiro atoms. The Morgan fingerprint density at radius 2 is 1.95 bits per heavy atom. The minimum absolute atomic E-state index is 0.244. The summed E-state index contributed by atoms with van der Waals surface area (Å²) in [4.78, 5) is 4.44. The summed E-state index contributed by atoms with van der Waals surface area (Å²) in [6, 6.07) is 10.7. The van der Waals surface area contributed by atoms with Crippen molar-refractivity contribution >= 4 is 10.9 Å². The Labute approximate surface area is 114 Å². The monoisotopic (exact) mass is 255 g/mol. The lowest BCUT2D eigenvalue weighted by atomic mass is 9.80. The molecule has 0 saturated heterocycles. The molecule has 3 rings (SSSR count). The molecule has 0 amide bonds. The summed E-state index contributed by atoms with van der Waals surface area (Å²) in [7, 11) is 0. The summed E-state index contributed by atoms with van der Waals surface area (Å²) in [6.45, 7) is 0. The van der Waals surface area contributed by atoms with E-state index in [1.165, 1.54) is 43.1 Å². The van der Waals surface area contributed by atoms with Crippen LogP contribution in [-0.2, 0) is 0 Å². The second-order valence-corrected chi connectivity index (χ2v) is 5.46. The van der Waals surface area contributed by atoms with Gasteiger partial charge in [-0.1, -0.05) is 37.5 Å². The number of hydrazine groups is 1. The standard InChI is InChI=1S/C16H21N3/c17-19-16(12-6-2-1-3-7-12)14-8-4-10-15-13(14)9-5-11-18-15/h4-5,8-12,16,19H,1-3,6-7,17H2. The van der Waals surface area contributed by atoms with Crippen LogP contribution < -0.4 is 11.3 Å². The molecule has 1 unspecified atom stereocenters. The third-order valence-corrected chi connectivity index (χ3v) is 4.32. The Bertz CT molecular complexity index is 541. The molecule has 0 radical (unpaired) electrons. The van der Waals surface area contributed by atoms with Gasteiger partial charge in [-0.3, -0.25) is 16.3 Å². The van der Waals surface area contributed by atoms with E-state index in [0.717, 1.165) is 5.52 Å². The number of hydrogen-bond acceptors (Lipinski definition) is 3. The minimum Gasteiger partial charge on any atom is -0.271 e. The predicted octanol–water partition coefficient (Wildman–Crippen LogP) is 3.32. The van der Waals surface area contributed by atoms with E-state index in [0.29, 0.717) is 5.92 Å². The fraction of sp³-hybridized carbons (Fsp3) is 0.438. The Morgan fingerprint density at radius 1 is 1.11 bits per heavy atom. The Kier molecular flexibility index (Phi) is 3.76. The highest BCUT2D eigenvalue weighted by atomic mass is 15.2. The maximum absolute atomic E-state index is 5.86. The summed E-state index contributed by atoms with van der Waals surface area (Å²) in [6.07, 6.45) is 8.40. The second kappa shape index (κ2) is 5.68. The number of rotatable bonds is 3. The van der Waals surface area contributed by atoms with Crippen LogP contribution in [0.5, 0.6) is 0 Å². The largest absolute Gasteiger partial charge is 0.271 e. The summed E-state index contributed by atoms with van der Waals surface area (Å²) in [5.74, 6) is 6.50. The van der Waals surface area contributed by atoms with Crippen LogP contribution in [0.15, 0.2) is 36.5 Å². The summed E-state index contributed by atoms with van der Waals surface area (Å²) < 4.78 is 0. The van der Waals surface area contributed by atoms with Crippen LogP contribution in [-0.4, -0.2) is 4.98 Å². The minimum atomic E-state index is 0.244. The number of nitrogens with one attached hydrogen (secondary N) is 1. The van der Waals surface area contributed by atoms with Crippen molar-refractivity contribution in [3.05, 3.63) is 42.1 Å². The number of aromatic nitrogens is 1. The molecule has 3 heteroatoms. The molecule has 3 N–H and O–H groups in total. The molecule has 1 aliphatic rings. The molecule has 1 aromatic heterocycles. The maximum atomic E-state index is 5.86. The van der Waals surface area contributed by atoms with E-state index < -0.39 is 0 Å². The average Bonchev–Trinajstić information content (AvgIpc) is 2.49. The van der Waals surface area contributed by atoms with Gasteiger partial charge in [-0.15, -0.1) is 0 Å². The van der Waals surface area contributed by atoms with Crippen LogP contribution in [0.2, 0.25) is 0 Å². The zero-order chi connectivity index (χ0) is 13.1. The lowest BCUT2D eigenvalue weighted by Crippen LogP contribution is -2.34. The van der Waals surface area contributed by atoms with Crippen molar-refractivity contribution < 1.29 is 0 Å². The van der Waals surface area contributed by atoms with Gasteiger partial charge in [0.25, 0.3) is 0 Å². The molecule has 1 aliphatic carbocycles. The van der Waals surface area contributed by atoms with Crippen LogP contribution in [0.1, 0.15) is 43.7 Å². The first-order valence-corrected chi connectivity index (χ1v) is 7.20. The van der Waals surface area contributed by atoms with Gasteiger partial charge < -0.3 is 0 Å². The summed E-state index contributed by atoms with van der Waals surface area (Å²) in [5.41, 5.74) is 5.40. The van der Waals surface area contributed by atoms with Crippen LogP contribution in [0.3, 0.4) is 0 Å². The fourth-order valence-corrected chi connectivity index (χ4v) is 3.35. The maximum Gasteiger partial charge on any atom is 0.0705 e. The van der Waals surface area contributed by atoms with E-state index in [1.807, 2.05) is 12.3 Å². The first-order valence-electron chi connectivity index (χ1n) is 7.20. The molecule has 0 aliphatic heterocycles. The van der Waals surface area contributed by atoms with Gasteiger partial charge in [-0.25, -0.2) is 0 Å². The van der Waals surface area contributed by atoms with Crippen molar-refractivity contribution in [3.8, 4) is 0 Å². The highest BCUT2D eigenvalue weighted by molar-refractivity contribution is 5.82. The van der Waals surface area contributed by atoms with Gasteiger partial charge in [0.1, 0.15) is 0 Å². The molecular weight excluding hydrogens is 234 g/mol. The molecule has 1 aromatic carbocycles. The third-order valence-electron chi connectivity index (χ3n) is 4.32. The number of hydrogen-bond donors (Lipinski definition) is 2. The molecule has 0 bridgehead atoms. The van der Waals surface area contributed by atoms with Gasteiger partial charge >= 0.3 is 0 Å². The number of fused-ring (bicyclic) bond motifs is 1. The van der Waals surface area contributed by atoms with Crippen molar-refractivity contribution in [3.63, 3.8) is 0 Å². The lowest BCUT2D eigenvalue weighted by molar-refractivity contribution is 0.274. The van der Waals surface area contributed by atoms with Gasteiger partial charge in [-0.05, 0) is 36.5 Å². The van der Waals surface area contributed by atoms with Crippen LogP contribution in [0.4, 0.5) is 0 Å². The molecule has 19 heavy (non-hydrogen) atoms. The van der Waals surface area contributed by atoms with Gasteiger partial charge in [0.15, 0.2) is 0 Å². The third kappa shape index (κ3) is 2.48. The normalized spacial score (nSPS) is 18.6. The van der Waals surface area contributed by atoms with Crippen LogP contribution >= 0.6 is 0 Å². The number of nitrogens with zero attached hydrogens (tertiary/aromatic N) is 1. The number of benzene rings is 1. The van der Waals surface area contributed by atoms with Crippen molar-refractivity contribution in [2.75, 3.05) is 0 Å². The van der Waals surface area contributed by atoms with Crippen LogP contribution in [0.25, 0.3) is 10.9 Å². The van der Waals surface area contributed by atoms with Crippen molar-refractivity contribution in [1.29, 1.82) is 0 Å². The van der Waals surface area contributed by atoms with Crippen molar-refractivity contribution in [2.45, 2.75) is 38.1 Å². The number of nitrogens with two attached hydrogens (primary N) is 1.